The van der Waals surface area contributed by atoms with Crippen molar-refractivity contribution in [1.82, 2.24) is 4.98 Å². The van der Waals surface area contributed by atoms with Crippen LogP contribution in [-0.4, -0.2) is 24.2 Å². The molecule has 1 aromatic heterocycles. The lowest BCUT2D eigenvalue weighted by atomic mass is 9.83. The SMILES string of the molecule is COc1ccc2c(n1)C1=C[C@H](CC3CCC(N)CC3)OC1=CN2. The lowest BCUT2D eigenvalue weighted by Crippen LogP contribution is -2.27. The van der Waals surface area contributed by atoms with Crippen molar-refractivity contribution in [2.24, 2.45) is 11.7 Å². The largest absolute Gasteiger partial charge is 0.484 e. The maximum Gasteiger partial charge on any atom is 0.213 e. The quantitative estimate of drug-likeness (QED) is 0.897. The predicted molar refractivity (Wildman–Crippen MR) is 89.9 cm³/mol. The number of hydrogen-bond acceptors (Lipinski definition) is 5. The molecule has 3 N–H and O–H groups in total. The van der Waals surface area contributed by atoms with Crippen LogP contribution in [0.3, 0.4) is 0 Å². The van der Waals surface area contributed by atoms with Crippen molar-refractivity contribution >= 4 is 11.3 Å². The zero-order chi connectivity index (χ0) is 15.8. The number of methoxy groups -OCH3 is 1. The zero-order valence-electron chi connectivity index (χ0n) is 13.4. The standard InChI is InChI=1S/C18H23N3O2/c1-22-17-7-6-15-18(21-17)14-9-13(23-16(14)10-20-15)8-11-2-4-12(19)5-3-11/h6-7,9-13,20H,2-5,8,19H2,1H3/t11?,12?,13-/m0/s1. The van der Waals surface area contributed by atoms with E-state index in [9.17, 15) is 0 Å². The van der Waals surface area contributed by atoms with E-state index in [-0.39, 0.29) is 6.10 Å². The molecule has 1 fully saturated rings. The van der Waals surface area contributed by atoms with E-state index in [2.05, 4.69) is 16.4 Å². The Hall–Kier alpha value is -2.01. The Morgan fingerprint density at radius 1 is 1.30 bits per heavy atom. The van der Waals surface area contributed by atoms with E-state index in [1.165, 1.54) is 12.8 Å². The smallest absolute Gasteiger partial charge is 0.213 e. The third-order valence-electron chi connectivity index (χ3n) is 5.05. The highest BCUT2D eigenvalue weighted by Crippen LogP contribution is 2.41. The molecule has 1 aliphatic carbocycles. The Labute approximate surface area is 136 Å². The average molecular weight is 313 g/mol. The minimum absolute atomic E-state index is 0.135. The molecule has 0 bridgehead atoms. The van der Waals surface area contributed by atoms with Crippen LogP contribution in [0.25, 0.3) is 5.57 Å². The average Bonchev–Trinajstić information content (AvgIpc) is 2.99. The van der Waals surface area contributed by atoms with Crippen molar-refractivity contribution in [3.05, 3.63) is 35.9 Å². The third kappa shape index (κ3) is 2.81. The molecule has 0 aromatic carbocycles. The molecule has 122 valence electrons. The van der Waals surface area contributed by atoms with Gasteiger partial charge >= 0.3 is 0 Å². The summed E-state index contributed by atoms with van der Waals surface area (Å²) in [6, 6.07) is 4.25. The normalized spacial score (nSPS) is 28.7. The summed E-state index contributed by atoms with van der Waals surface area (Å²) < 4.78 is 11.4. The van der Waals surface area contributed by atoms with Gasteiger partial charge in [-0.15, -0.1) is 0 Å². The fourth-order valence-corrected chi connectivity index (χ4v) is 3.72. The number of aromatic nitrogens is 1. The molecular weight excluding hydrogens is 290 g/mol. The van der Waals surface area contributed by atoms with Crippen LogP contribution < -0.4 is 15.8 Å². The number of hydrogen-bond donors (Lipinski definition) is 2. The van der Waals surface area contributed by atoms with Crippen molar-refractivity contribution in [2.75, 3.05) is 12.4 Å². The van der Waals surface area contributed by atoms with E-state index in [4.69, 9.17) is 15.2 Å². The Bertz CT molecular complexity index is 660. The summed E-state index contributed by atoms with van der Waals surface area (Å²) in [5.41, 5.74) is 8.99. The van der Waals surface area contributed by atoms with Gasteiger partial charge in [-0.25, -0.2) is 4.98 Å². The van der Waals surface area contributed by atoms with E-state index in [0.29, 0.717) is 17.8 Å². The Kier molecular flexibility index (Phi) is 3.73. The first-order valence-electron chi connectivity index (χ1n) is 8.39. The summed E-state index contributed by atoms with van der Waals surface area (Å²) >= 11 is 0. The zero-order valence-corrected chi connectivity index (χ0v) is 13.4. The summed E-state index contributed by atoms with van der Waals surface area (Å²) in [6.07, 6.45) is 10.0. The van der Waals surface area contributed by atoms with Crippen molar-refractivity contribution in [1.29, 1.82) is 0 Å². The summed E-state index contributed by atoms with van der Waals surface area (Å²) in [5, 5.41) is 3.25. The Morgan fingerprint density at radius 2 is 2.13 bits per heavy atom. The first-order valence-corrected chi connectivity index (χ1v) is 8.39. The van der Waals surface area contributed by atoms with Crippen LogP contribution in [0.5, 0.6) is 5.88 Å². The van der Waals surface area contributed by atoms with Gasteiger partial charge in [-0.05, 0) is 50.2 Å². The monoisotopic (exact) mass is 313 g/mol. The summed E-state index contributed by atoms with van der Waals surface area (Å²) in [6.45, 7) is 0. The van der Waals surface area contributed by atoms with Crippen LogP contribution in [0.15, 0.2) is 30.2 Å². The Balaban J connectivity index is 1.52. The van der Waals surface area contributed by atoms with Crippen molar-refractivity contribution < 1.29 is 9.47 Å². The molecule has 5 nitrogen and oxygen atoms in total. The van der Waals surface area contributed by atoms with Gasteiger partial charge in [0, 0.05) is 23.9 Å². The lowest BCUT2D eigenvalue weighted by Gasteiger charge is -2.27. The van der Waals surface area contributed by atoms with Crippen molar-refractivity contribution in [3.8, 4) is 5.88 Å². The summed E-state index contributed by atoms with van der Waals surface area (Å²) in [7, 11) is 1.64. The van der Waals surface area contributed by atoms with Crippen LogP contribution in [0.2, 0.25) is 0 Å². The maximum absolute atomic E-state index is 6.12. The van der Waals surface area contributed by atoms with E-state index >= 15 is 0 Å². The topological polar surface area (TPSA) is 69.4 Å². The van der Waals surface area contributed by atoms with Gasteiger partial charge in [0.2, 0.25) is 5.88 Å². The summed E-state index contributed by atoms with van der Waals surface area (Å²) in [4.78, 5) is 4.58. The number of nitrogens with zero attached hydrogens (tertiary/aromatic N) is 1. The van der Waals surface area contributed by atoms with Crippen LogP contribution in [-0.2, 0) is 4.74 Å². The van der Waals surface area contributed by atoms with E-state index in [1.807, 2.05) is 18.3 Å². The molecule has 0 unspecified atom stereocenters. The molecule has 5 heteroatoms. The highest BCUT2D eigenvalue weighted by molar-refractivity contribution is 5.87. The van der Waals surface area contributed by atoms with Gasteiger partial charge in [0.15, 0.2) is 0 Å². The molecule has 3 heterocycles. The molecule has 1 saturated carbocycles. The van der Waals surface area contributed by atoms with Crippen LogP contribution >= 0.6 is 0 Å². The van der Waals surface area contributed by atoms with Crippen LogP contribution in [0, 0.1) is 5.92 Å². The lowest BCUT2D eigenvalue weighted by molar-refractivity contribution is 0.140. The molecule has 0 saturated heterocycles. The van der Waals surface area contributed by atoms with Gasteiger partial charge in [0.05, 0.1) is 12.8 Å². The second-order valence-electron chi connectivity index (χ2n) is 6.66. The number of nitrogens with one attached hydrogen (secondary N) is 1. The maximum atomic E-state index is 6.12. The van der Waals surface area contributed by atoms with Crippen LogP contribution in [0.1, 0.15) is 37.8 Å². The highest BCUT2D eigenvalue weighted by Gasteiger charge is 2.31. The molecule has 0 radical (unpaired) electrons. The van der Waals surface area contributed by atoms with Gasteiger partial charge in [0.25, 0.3) is 0 Å². The number of anilines is 1. The fraction of sp³-hybridized carbons (Fsp3) is 0.500. The van der Waals surface area contributed by atoms with E-state index in [1.54, 1.807) is 7.11 Å². The van der Waals surface area contributed by atoms with E-state index in [0.717, 1.165) is 42.0 Å². The number of fused-ring (bicyclic) bond motifs is 3. The Morgan fingerprint density at radius 3 is 2.91 bits per heavy atom. The molecule has 3 aliphatic rings. The second kappa shape index (κ2) is 5.89. The number of allylic oxidation sites excluding steroid dienone is 1. The molecule has 1 aromatic rings. The van der Waals surface area contributed by atoms with Gasteiger partial charge in [-0.3, -0.25) is 0 Å². The molecule has 0 amide bonds. The van der Waals surface area contributed by atoms with Gasteiger partial charge < -0.3 is 20.5 Å². The van der Waals surface area contributed by atoms with E-state index < -0.39 is 0 Å². The van der Waals surface area contributed by atoms with Gasteiger partial charge in [0.1, 0.15) is 17.6 Å². The number of pyridine rings is 1. The molecule has 1 atom stereocenters. The minimum Gasteiger partial charge on any atom is -0.484 e. The number of ether oxygens (including phenoxy) is 2. The first kappa shape index (κ1) is 14.6. The van der Waals surface area contributed by atoms with Crippen molar-refractivity contribution in [3.63, 3.8) is 0 Å². The third-order valence-corrected chi connectivity index (χ3v) is 5.05. The number of nitrogens with two attached hydrogens (primary N) is 1. The van der Waals surface area contributed by atoms with Crippen LogP contribution in [0.4, 0.5) is 5.69 Å². The predicted octanol–water partition coefficient (Wildman–Crippen LogP) is 3.05. The second-order valence-corrected chi connectivity index (χ2v) is 6.66. The van der Waals surface area contributed by atoms with Gasteiger partial charge in [-0.2, -0.15) is 0 Å². The molecule has 0 spiro atoms. The van der Waals surface area contributed by atoms with Crippen molar-refractivity contribution in [2.45, 2.75) is 44.2 Å². The first-order chi connectivity index (χ1) is 11.2. The molecule has 23 heavy (non-hydrogen) atoms. The fourth-order valence-electron chi connectivity index (χ4n) is 3.72. The molecule has 4 rings (SSSR count). The highest BCUT2D eigenvalue weighted by atomic mass is 16.5. The number of rotatable bonds is 3. The molecular formula is C18H23N3O2. The summed E-state index contributed by atoms with van der Waals surface area (Å²) in [5.74, 6) is 2.22. The van der Waals surface area contributed by atoms with Gasteiger partial charge in [-0.1, -0.05) is 0 Å². The minimum atomic E-state index is 0.135. The molecule has 2 aliphatic heterocycles.